The number of nitrogens with one attached hydrogen (secondary N) is 1. The summed E-state index contributed by atoms with van der Waals surface area (Å²) in [6.45, 7) is 2.24. The maximum Gasteiger partial charge on any atom is 0.225 e. The Bertz CT molecular complexity index is 712. The molecule has 0 atom stereocenters. The summed E-state index contributed by atoms with van der Waals surface area (Å²) in [6.07, 6.45) is 0.590. The van der Waals surface area contributed by atoms with Gasteiger partial charge in [-0.2, -0.15) is 0 Å². The van der Waals surface area contributed by atoms with E-state index >= 15 is 0 Å². The Balaban J connectivity index is 2.07. The molecule has 1 aromatic heterocycles. The molecular formula is C13H14Cl2N2O2S2. The average Bonchev–Trinajstić information content (AvgIpc) is 2.81. The van der Waals surface area contributed by atoms with Crippen LogP contribution in [0.25, 0.3) is 10.6 Å². The molecule has 0 aliphatic heterocycles. The molecule has 2 aromatic rings. The second-order valence-corrected chi connectivity index (χ2v) is 8.31. The van der Waals surface area contributed by atoms with Gasteiger partial charge in [-0.15, -0.1) is 22.9 Å². The van der Waals surface area contributed by atoms with Gasteiger partial charge in [0.25, 0.3) is 0 Å². The molecule has 1 aromatic carbocycles. The number of benzene rings is 1. The van der Waals surface area contributed by atoms with Gasteiger partial charge in [0.15, 0.2) is 0 Å². The lowest BCUT2D eigenvalue weighted by molar-refractivity contribution is 0.586. The standard InChI is InChI=1S/C13H14Cl2N2O2S2/c1-9-12(6-7-16-21(18,19)8-14)20-13(17-9)10-2-4-11(15)5-3-10/h2-5,16H,6-8H2,1H3. The van der Waals surface area contributed by atoms with Crippen LogP contribution in [0.3, 0.4) is 0 Å². The van der Waals surface area contributed by atoms with Gasteiger partial charge in [0, 0.05) is 22.0 Å². The zero-order chi connectivity index (χ0) is 15.5. The summed E-state index contributed by atoms with van der Waals surface area (Å²) in [5.41, 5.74) is 1.91. The molecular weight excluding hydrogens is 351 g/mol. The van der Waals surface area contributed by atoms with Crippen LogP contribution in [0.4, 0.5) is 0 Å². The van der Waals surface area contributed by atoms with E-state index in [0.717, 1.165) is 21.1 Å². The summed E-state index contributed by atoms with van der Waals surface area (Å²) in [4.78, 5) is 5.57. The van der Waals surface area contributed by atoms with E-state index in [1.165, 1.54) is 0 Å². The molecule has 1 N–H and O–H groups in total. The number of aryl methyl sites for hydroxylation is 1. The molecule has 8 heteroatoms. The summed E-state index contributed by atoms with van der Waals surface area (Å²) in [5.74, 6) is 0. The highest BCUT2D eigenvalue weighted by atomic mass is 35.5. The van der Waals surface area contributed by atoms with Crippen LogP contribution in [0.2, 0.25) is 5.02 Å². The molecule has 0 unspecified atom stereocenters. The number of hydrogen-bond donors (Lipinski definition) is 1. The summed E-state index contributed by atoms with van der Waals surface area (Å²) in [6, 6.07) is 7.48. The molecule has 1 heterocycles. The summed E-state index contributed by atoms with van der Waals surface area (Å²) in [5, 5.41) is 1.16. The highest BCUT2D eigenvalue weighted by Gasteiger charge is 2.11. The Morgan fingerprint density at radius 3 is 2.57 bits per heavy atom. The maximum atomic E-state index is 11.3. The van der Waals surface area contributed by atoms with Crippen molar-refractivity contribution in [2.24, 2.45) is 0 Å². The molecule has 2 rings (SSSR count). The molecule has 0 radical (unpaired) electrons. The van der Waals surface area contributed by atoms with Crippen LogP contribution in [-0.2, 0) is 16.4 Å². The zero-order valence-corrected chi connectivity index (χ0v) is 14.4. The van der Waals surface area contributed by atoms with Crippen LogP contribution in [0.15, 0.2) is 24.3 Å². The smallest absolute Gasteiger partial charge is 0.225 e. The van der Waals surface area contributed by atoms with Gasteiger partial charge in [0.2, 0.25) is 10.0 Å². The second kappa shape index (κ2) is 7.07. The van der Waals surface area contributed by atoms with E-state index in [1.54, 1.807) is 11.3 Å². The molecule has 0 amide bonds. The monoisotopic (exact) mass is 364 g/mol. The van der Waals surface area contributed by atoms with Gasteiger partial charge in [-0.3, -0.25) is 0 Å². The molecule has 0 saturated heterocycles. The Morgan fingerprint density at radius 2 is 1.95 bits per heavy atom. The van der Waals surface area contributed by atoms with Crippen molar-refractivity contribution in [1.82, 2.24) is 9.71 Å². The van der Waals surface area contributed by atoms with Crippen LogP contribution in [-0.4, -0.2) is 25.2 Å². The summed E-state index contributed by atoms with van der Waals surface area (Å²) < 4.78 is 25.0. The fourth-order valence-electron chi connectivity index (χ4n) is 1.73. The molecule has 0 aliphatic rings. The Kier molecular flexibility index (Phi) is 5.62. The first kappa shape index (κ1) is 16.7. The van der Waals surface area contributed by atoms with Gasteiger partial charge >= 0.3 is 0 Å². The van der Waals surface area contributed by atoms with E-state index in [4.69, 9.17) is 23.2 Å². The van der Waals surface area contributed by atoms with E-state index < -0.39 is 15.2 Å². The van der Waals surface area contributed by atoms with Crippen molar-refractivity contribution in [2.45, 2.75) is 13.3 Å². The van der Waals surface area contributed by atoms with Crippen LogP contribution < -0.4 is 4.72 Å². The van der Waals surface area contributed by atoms with Gasteiger partial charge in [-0.1, -0.05) is 23.7 Å². The fourth-order valence-corrected chi connectivity index (χ4v) is 3.65. The van der Waals surface area contributed by atoms with Crippen molar-refractivity contribution >= 4 is 44.6 Å². The SMILES string of the molecule is Cc1nc(-c2ccc(Cl)cc2)sc1CCNS(=O)(=O)CCl. The van der Waals surface area contributed by atoms with Gasteiger partial charge in [0.05, 0.1) is 5.69 Å². The number of alkyl halides is 1. The third kappa shape index (κ3) is 4.66. The molecule has 4 nitrogen and oxygen atoms in total. The minimum atomic E-state index is -3.37. The Morgan fingerprint density at radius 1 is 1.29 bits per heavy atom. The van der Waals surface area contributed by atoms with Crippen molar-refractivity contribution in [2.75, 3.05) is 11.8 Å². The predicted molar refractivity (Wildman–Crippen MR) is 88.6 cm³/mol. The minimum absolute atomic E-state index is 0.318. The summed E-state index contributed by atoms with van der Waals surface area (Å²) >= 11 is 12.8. The van der Waals surface area contributed by atoms with Gasteiger partial charge in [-0.05, 0) is 25.5 Å². The minimum Gasteiger partial charge on any atom is -0.241 e. The fraction of sp³-hybridized carbons (Fsp3) is 0.308. The highest BCUT2D eigenvalue weighted by molar-refractivity contribution is 7.90. The number of aromatic nitrogens is 1. The van der Waals surface area contributed by atoms with Gasteiger partial charge in [0.1, 0.15) is 10.2 Å². The lowest BCUT2D eigenvalue weighted by Crippen LogP contribution is -2.26. The highest BCUT2D eigenvalue weighted by Crippen LogP contribution is 2.28. The first-order valence-corrected chi connectivity index (χ1v) is 9.55. The number of halogens is 2. The molecule has 0 fully saturated rings. The molecule has 0 saturated carbocycles. The Labute approximate surface area is 138 Å². The molecule has 21 heavy (non-hydrogen) atoms. The largest absolute Gasteiger partial charge is 0.241 e. The van der Waals surface area contributed by atoms with Crippen molar-refractivity contribution in [3.05, 3.63) is 39.9 Å². The maximum absolute atomic E-state index is 11.3. The second-order valence-electron chi connectivity index (χ2n) is 4.40. The molecule has 0 bridgehead atoms. The van der Waals surface area contributed by atoms with E-state index in [1.807, 2.05) is 31.2 Å². The van der Waals surface area contributed by atoms with Crippen LogP contribution in [0, 0.1) is 6.92 Å². The Hall–Kier alpha value is -0.660. The van der Waals surface area contributed by atoms with Crippen LogP contribution >= 0.6 is 34.5 Å². The summed E-state index contributed by atoms with van der Waals surface area (Å²) in [7, 11) is -3.37. The third-order valence-electron chi connectivity index (χ3n) is 2.80. The van der Waals surface area contributed by atoms with Gasteiger partial charge < -0.3 is 0 Å². The van der Waals surface area contributed by atoms with Gasteiger partial charge in [-0.25, -0.2) is 18.1 Å². The third-order valence-corrected chi connectivity index (χ3v) is 6.11. The average molecular weight is 365 g/mol. The topological polar surface area (TPSA) is 59.1 Å². The zero-order valence-electron chi connectivity index (χ0n) is 11.3. The van der Waals surface area contributed by atoms with Crippen LogP contribution in [0.5, 0.6) is 0 Å². The number of hydrogen-bond acceptors (Lipinski definition) is 4. The molecule has 0 aliphatic carbocycles. The number of sulfonamides is 1. The van der Waals surface area contributed by atoms with Crippen molar-refractivity contribution in [1.29, 1.82) is 0 Å². The lowest BCUT2D eigenvalue weighted by Gasteiger charge is -2.02. The van der Waals surface area contributed by atoms with E-state index in [9.17, 15) is 8.42 Å². The number of rotatable bonds is 6. The molecule has 0 spiro atoms. The van der Waals surface area contributed by atoms with E-state index in [0.29, 0.717) is 18.0 Å². The van der Waals surface area contributed by atoms with Crippen molar-refractivity contribution in [3.63, 3.8) is 0 Å². The van der Waals surface area contributed by atoms with E-state index in [-0.39, 0.29) is 0 Å². The first-order chi connectivity index (χ1) is 9.91. The number of nitrogens with zero attached hydrogens (tertiary/aromatic N) is 1. The number of thiazole rings is 1. The predicted octanol–water partition coefficient (Wildman–Crippen LogP) is 3.43. The lowest BCUT2D eigenvalue weighted by atomic mass is 10.2. The first-order valence-electron chi connectivity index (χ1n) is 6.17. The normalized spacial score (nSPS) is 11.8. The van der Waals surface area contributed by atoms with Crippen molar-refractivity contribution in [3.8, 4) is 10.6 Å². The van der Waals surface area contributed by atoms with Crippen LogP contribution in [0.1, 0.15) is 10.6 Å². The quantitative estimate of drug-likeness (QED) is 0.798. The molecule has 114 valence electrons. The van der Waals surface area contributed by atoms with E-state index in [2.05, 4.69) is 9.71 Å². The van der Waals surface area contributed by atoms with Crippen molar-refractivity contribution < 1.29 is 8.42 Å².